The summed E-state index contributed by atoms with van der Waals surface area (Å²) in [6, 6.07) is 9.14. The van der Waals surface area contributed by atoms with Crippen molar-refractivity contribution >= 4 is 56.8 Å². The van der Waals surface area contributed by atoms with Crippen LogP contribution in [-0.4, -0.2) is 23.0 Å². The number of anilines is 1. The number of halogens is 4. The Morgan fingerprint density at radius 2 is 1.87 bits per heavy atom. The normalized spacial score (nSPS) is 16.2. The topological polar surface area (TPSA) is 58.6 Å². The summed E-state index contributed by atoms with van der Waals surface area (Å²) < 4.78 is 45.5. The van der Waals surface area contributed by atoms with Gasteiger partial charge in [-0.15, -0.1) is 0 Å². The van der Waals surface area contributed by atoms with Crippen molar-refractivity contribution in [3.63, 3.8) is 0 Å². The smallest absolute Gasteiger partial charge is 0.416 e. The van der Waals surface area contributed by atoms with Gasteiger partial charge in [-0.3, -0.25) is 19.8 Å². The molecule has 1 N–H and O–H groups in total. The predicted molar refractivity (Wildman–Crippen MR) is 118 cm³/mol. The number of nitrogens with one attached hydrogen (secondary N) is 1. The molecule has 1 aliphatic rings. The second kappa shape index (κ2) is 8.80. The van der Waals surface area contributed by atoms with Gasteiger partial charge >= 0.3 is 6.18 Å². The van der Waals surface area contributed by atoms with Crippen LogP contribution >= 0.6 is 28.1 Å². The molecule has 2 amide bonds. The van der Waals surface area contributed by atoms with E-state index in [9.17, 15) is 22.8 Å². The molecule has 2 aromatic rings. The molecule has 0 unspecified atom stereocenters. The molecule has 0 spiro atoms. The van der Waals surface area contributed by atoms with E-state index in [4.69, 9.17) is 17.0 Å². The maximum Gasteiger partial charge on any atom is 0.416 e. The Morgan fingerprint density at radius 1 is 1.16 bits per heavy atom. The van der Waals surface area contributed by atoms with E-state index in [1.165, 1.54) is 18.2 Å². The quantitative estimate of drug-likeness (QED) is 0.352. The summed E-state index contributed by atoms with van der Waals surface area (Å²) in [5.74, 6) is -0.980. The highest BCUT2D eigenvalue weighted by atomic mass is 79.9. The zero-order chi connectivity index (χ0) is 22.9. The summed E-state index contributed by atoms with van der Waals surface area (Å²) >= 11 is 8.41. The van der Waals surface area contributed by atoms with Crippen LogP contribution in [0.3, 0.4) is 0 Å². The van der Waals surface area contributed by atoms with Gasteiger partial charge in [-0.1, -0.05) is 12.1 Å². The Labute approximate surface area is 190 Å². The third-order valence-corrected chi connectivity index (χ3v) is 5.07. The van der Waals surface area contributed by atoms with Gasteiger partial charge in [0.15, 0.2) is 5.11 Å². The van der Waals surface area contributed by atoms with Crippen LogP contribution in [0.5, 0.6) is 5.75 Å². The van der Waals surface area contributed by atoms with Crippen LogP contribution in [0.15, 0.2) is 52.5 Å². The standard InChI is InChI=1S/C21H16BrF3N2O3S/c1-11(2)30-17-7-6-12(9-16(17)22)8-15-18(28)26-20(31)27(19(15)29)14-5-3-4-13(10-14)21(23,24)25/h3-11H,1-2H3,(H,26,28,31)/b15-8+. The molecule has 3 rings (SSSR count). The van der Waals surface area contributed by atoms with Crippen LogP contribution in [0, 0.1) is 0 Å². The minimum absolute atomic E-state index is 0.0479. The predicted octanol–water partition coefficient (Wildman–Crippen LogP) is 5.09. The molecule has 0 atom stereocenters. The fourth-order valence-electron chi connectivity index (χ4n) is 2.84. The molecular weight excluding hydrogens is 497 g/mol. The Kier molecular flexibility index (Phi) is 6.51. The van der Waals surface area contributed by atoms with Crippen LogP contribution in [0.1, 0.15) is 25.0 Å². The molecule has 0 saturated carbocycles. The zero-order valence-corrected chi connectivity index (χ0v) is 18.7. The first-order chi connectivity index (χ1) is 14.5. The van der Waals surface area contributed by atoms with E-state index in [-0.39, 0.29) is 22.5 Å². The Bertz CT molecular complexity index is 1100. The van der Waals surface area contributed by atoms with Gasteiger partial charge in [0.05, 0.1) is 21.8 Å². The van der Waals surface area contributed by atoms with E-state index in [1.54, 1.807) is 18.2 Å². The number of nitrogens with zero attached hydrogens (tertiary/aromatic N) is 1. The van der Waals surface area contributed by atoms with Crippen molar-refractivity contribution in [2.45, 2.75) is 26.1 Å². The first-order valence-corrected chi connectivity index (χ1v) is 10.2. The molecule has 0 aromatic heterocycles. The number of rotatable bonds is 4. The van der Waals surface area contributed by atoms with Crippen molar-refractivity contribution in [3.8, 4) is 5.75 Å². The van der Waals surface area contributed by atoms with Crippen molar-refractivity contribution in [3.05, 3.63) is 63.6 Å². The van der Waals surface area contributed by atoms with Crippen molar-refractivity contribution < 1.29 is 27.5 Å². The number of hydrogen-bond acceptors (Lipinski definition) is 4. The monoisotopic (exact) mass is 512 g/mol. The zero-order valence-electron chi connectivity index (χ0n) is 16.3. The lowest BCUT2D eigenvalue weighted by molar-refractivity contribution is -0.137. The van der Waals surface area contributed by atoms with Crippen molar-refractivity contribution in [1.82, 2.24) is 5.32 Å². The fraction of sp³-hybridized carbons (Fsp3) is 0.190. The molecule has 0 bridgehead atoms. The van der Waals surface area contributed by atoms with Gasteiger partial charge in [0.2, 0.25) is 0 Å². The van der Waals surface area contributed by atoms with Crippen LogP contribution in [-0.2, 0) is 15.8 Å². The van der Waals surface area contributed by atoms with E-state index in [0.29, 0.717) is 15.8 Å². The lowest BCUT2D eigenvalue weighted by atomic mass is 10.1. The van der Waals surface area contributed by atoms with Crippen molar-refractivity contribution in [2.24, 2.45) is 0 Å². The van der Waals surface area contributed by atoms with Crippen LogP contribution < -0.4 is 15.0 Å². The second-order valence-electron chi connectivity index (χ2n) is 6.86. The van der Waals surface area contributed by atoms with Gasteiger partial charge in [0.1, 0.15) is 11.3 Å². The molecule has 162 valence electrons. The maximum absolute atomic E-state index is 13.1. The Morgan fingerprint density at radius 3 is 2.48 bits per heavy atom. The molecule has 1 aliphatic heterocycles. The van der Waals surface area contributed by atoms with Gasteiger partial charge < -0.3 is 4.74 Å². The van der Waals surface area contributed by atoms with Gasteiger partial charge in [-0.2, -0.15) is 13.2 Å². The number of amides is 2. The number of carbonyl (C=O) groups is 2. The first-order valence-electron chi connectivity index (χ1n) is 9.02. The molecule has 0 aliphatic carbocycles. The number of carbonyl (C=O) groups excluding carboxylic acids is 2. The summed E-state index contributed by atoms with van der Waals surface area (Å²) in [5.41, 5.74) is -0.793. The molecular formula is C21H16BrF3N2O3S. The molecule has 1 fully saturated rings. The van der Waals surface area contributed by atoms with Crippen LogP contribution in [0.4, 0.5) is 18.9 Å². The largest absolute Gasteiger partial charge is 0.490 e. The summed E-state index contributed by atoms with van der Waals surface area (Å²) in [6.07, 6.45) is -3.30. The summed E-state index contributed by atoms with van der Waals surface area (Å²) in [6.45, 7) is 3.75. The summed E-state index contributed by atoms with van der Waals surface area (Å²) in [7, 11) is 0. The average Bonchev–Trinajstić information content (AvgIpc) is 2.66. The highest BCUT2D eigenvalue weighted by Gasteiger charge is 2.36. The average molecular weight is 513 g/mol. The van der Waals surface area contributed by atoms with Gasteiger partial charge in [0.25, 0.3) is 11.8 Å². The lowest BCUT2D eigenvalue weighted by Crippen LogP contribution is -2.54. The highest BCUT2D eigenvalue weighted by molar-refractivity contribution is 9.10. The third-order valence-electron chi connectivity index (χ3n) is 4.16. The molecule has 2 aromatic carbocycles. The number of hydrogen-bond donors (Lipinski definition) is 1. The molecule has 10 heteroatoms. The number of ether oxygens (including phenoxy) is 1. The minimum Gasteiger partial charge on any atom is -0.490 e. The maximum atomic E-state index is 13.1. The van der Waals surface area contributed by atoms with E-state index in [2.05, 4.69) is 21.2 Å². The second-order valence-corrected chi connectivity index (χ2v) is 8.10. The number of thiocarbonyl (C=S) groups is 1. The van der Waals surface area contributed by atoms with Crippen molar-refractivity contribution in [2.75, 3.05) is 4.90 Å². The molecule has 1 saturated heterocycles. The van der Waals surface area contributed by atoms with E-state index < -0.39 is 23.6 Å². The lowest BCUT2D eigenvalue weighted by Gasteiger charge is -2.29. The van der Waals surface area contributed by atoms with E-state index in [1.807, 2.05) is 13.8 Å². The summed E-state index contributed by atoms with van der Waals surface area (Å²) in [5, 5.41) is 2.05. The van der Waals surface area contributed by atoms with Crippen LogP contribution in [0.2, 0.25) is 0 Å². The third kappa shape index (κ3) is 5.13. The highest BCUT2D eigenvalue weighted by Crippen LogP contribution is 2.33. The molecule has 1 heterocycles. The number of benzene rings is 2. The van der Waals surface area contributed by atoms with E-state index >= 15 is 0 Å². The molecule has 31 heavy (non-hydrogen) atoms. The Balaban J connectivity index is 1.98. The fourth-order valence-corrected chi connectivity index (χ4v) is 3.61. The summed E-state index contributed by atoms with van der Waals surface area (Å²) in [4.78, 5) is 26.3. The molecule has 5 nitrogen and oxygen atoms in total. The Hall–Kier alpha value is -2.72. The number of alkyl halides is 3. The minimum atomic E-state index is -4.59. The van der Waals surface area contributed by atoms with E-state index in [0.717, 1.165) is 17.0 Å². The van der Waals surface area contributed by atoms with Crippen molar-refractivity contribution in [1.29, 1.82) is 0 Å². The first kappa shape index (κ1) is 23.0. The van der Waals surface area contributed by atoms with Gasteiger partial charge in [0, 0.05) is 0 Å². The molecule has 0 radical (unpaired) electrons. The van der Waals surface area contributed by atoms with Gasteiger partial charge in [-0.05, 0) is 84.0 Å². The SMILES string of the molecule is CC(C)Oc1ccc(/C=C2\C(=O)NC(=S)N(c3cccc(C(F)(F)F)c3)C2=O)cc1Br. The van der Waals surface area contributed by atoms with Crippen LogP contribution in [0.25, 0.3) is 6.08 Å². The van der Waals surface area contributed by atoms with Gasteiger partial charge in [-0.25, -0.2) is 0 Å².